The molecule has 0 aromatic carbocycles. The van der Waals surface area contributed by atoms with E-state index >= 15 is 0 Å². The van der Waals surface area contributed by atoms with Crippen LogP contribution in [-0.2, 0) is 0 Å². The highest BCUT2D eigenvalue weighted by atomic mass is 16.6. The Morgan fingerprint density at radius 1 is 1.50 bits per heavy atom. The van der Waals surface area contributed by atoms with Gasteiger partial charge in [-0.3, -0.25) is 0 Å². The van der Waals surface area contributed by atoms with Gasteiger partial charge < -0.3 is 15.4 Å². The van der Waals surface area contributed by atoms with Crippen molar-refractivity contribution in [1.29, 1.82) is 0 Å². The summed E-state index contributed by atoms with van der Waals surface area (Å²) < 4.78 is 0. The molecule has 0 spiro atoms. The van der Waals surface area contributed by atoms with Gasteiger partial charge in [-0.1, -0.05) is 12.1 Å². The van der Waals surface area contributed by atoms with Crippen LogP contribution in [0.3, 0.4) is 0 Å². The Hall–Kier alpha value is -1.26. The molecule has 0 saturated heterocycles. The molecule has 0 bridgehead atoms. The fourth-order valence-corrected chi connectivity index (χ4v) is 0.0707. The van der Waals surface area contributed by atoms with Crippen LogP contribution in [0.15, 0.2) is 5.16 Å². The molecule has 0 heterocycles. The maximum absolute atomic E-state index is 8.56. The second-order valence-corrected chi connectivity index (χ2v) is 1.47. The van der Waals surface area contributed by atoms with E-state index in [0.29, 0.717) is 0 Å². The minimum atomic E-state index is -1.83. The highest BCUT2D eigenvalue weighted by molar-refractivity contribution is 5.80. The van der Waals surface area contributed by atoms with E-state index in [0.717, 1.165) is 12.1 Å². The van der Waals surface area contributed by atoms with Gasteiger partial charge in [-0.25, -0.2) is 4.79 Å². The van der Waals surface area contributed by atoms with Crippen LogP contribution in [0.1, 0.15) is 20.3 Å². The van der Waals surface area contributed by atoms with Crippen molar-refractivity contribution in [2.24, 2.45) is 5.16 Å². The van der Waals surface area contributed by atoms with Crippen LogP contribution >= 0.6 is 0 Å². The molecule has 0 aromatic heterocycles. The van der Waals surface area contributed by atoms with Gasteiger partial charge >= 0.3 is 6.16 Å². The SMILES string of the molecule is CC/C(C)=N/O.O=C(O)O. The molecule has 0 fully saturated rings. The van der Waals surface area contributed by atoms with Gasteiger partial charge in [-0.15, -0.1) is 0 Å². The third kappa shape index (κ3) is 29.6. The van der Waals surface area contributed by atoms with Crippen LogP contribution in [0.5, 0.6) is 0 Å². The predicted octanol–water partition coefficient (Wildman–Crippen LogP) is 1.47. The summed E-state index contributed by atoms with van der Waals surface area (Å²) in [6.07, 6.45) is -1.00. The molecule has 10 heavy (non-hydrogen) atoms. The molecule has 0 aromatic rings. The van der Waals surface area contributed by atoms with Crippen LogP contribution in [0.4, 0.5) is 4.79 Å². The second-order valence-electron chi connectivity index (χ2n) is 1.47. The molecule has 0 saturated carbocycles. The minimum absolute atomic E-state index is 0.773. The van der Waals surface area contributed by atoms with E-state index in [1.165, 1.54) is 0 Å². The van der Waals surface area contributed by atoms with Gasteiger partial charge in [0.2, 0.25) is 0 Å². The first-order valence-electron chi connectivity index (χ1n) is 2.64. The molecule has 0 aliphatic carbocycles. The van der Waals surface area contributed by atoms with Gasteiger partial charge in [0.05, 0.1) is 5.71 Å². The van der Waals surface area contributed by atoms with Gasteiger partial charge in [-0.05, 0) is 13.3 Å². The van der Waals surface area contributed by atoms with Crippen molar-refractivity contribution in [2.75, 3.05) is 0 Å². The Labute approximate surface area is 58.6 Å². The Bertz CT molecular complexity index is 117. The third-order valence-corrected chi connectivity index (χ3v) is 0.682. The normalized spacial score (nSPS) is 9.60. The van der Waals surface area contributed by atoms with Gasteiger partial charge in [0.1, 0.15) is 0 Å². The zero-order chi connectivity index (χ0) is 8.57. The van der Waals surface area contributed by atoms with Crippen molar-refractivity contribution in [2.45, 2.75) is 20.3 Å². The number of rotatable bonds is 1. The molecule has 5 heteroatoms. The Balaban J connectivity index is 0. The van der Waals surface area contributed by atoms with Gasteiger partial charge in [-0.2, -0.15) is 0 Å². The Morgan fingerprint density at radius 3 is 1.80 bits per heavy atom. The fourth-order valence-electron chi connectivity index (χ4n) is 0.0707. The quantitative estimate of drug-likeness (QED) is 0.299. The van der Waals surface area contributed by atoms with Crippen LogP contribution in [0.25, 0.3) is 0 Å². The summed E-state index contributed by atoms with van der Waals surface area (Å²) >= 11 is 0. The van der Waals surface area contributed by atoms with E-state index in [9.17, 15) is 0 Å². The molecule has 0 unspecified atom stereocenters. The lowest BCUT2D eigenvalue weighted by Crippen LogP contribution is -1.83. The fraction of sp³-hybridized carbons (Fsp3) is 0.600. The molecule has 5 nitrogen and oxygen atoms in total. The standard InChI is InChI=1S/C4H9NO.CH2O3/c1-3-4(2)5-6;2-1(3)4/h6H,3H2,1-2H3;(H2,2,3,4)/b5-4+;. The first-order chi connectivity index (χ1) is 4.54. The van der Waals surface area contributed by atoms with Gasteiger partial charge in [0, 0.05) is 0 Å². The van der Waals surface area contributed by atoms with Crippen LogP contribution < -0.4 is 0 Å². The van der Waals surface area contributed by atoms with Crippen molar-refractivity contribution < 1.29 is 20.2 Å². The lowest BCUT2D eigenvalue weighted by molar-refractivity contribution is 0.137. The van der Waals surface area contributed by atoms with Crippen molar-refractivity contribution in [3.8, 4) is 0 Å². The van der Waals surface area contributed by atoms with Crippen molar-refractivity contribution in [1.82, 2.24) is 0 Å². The molecule has 60 valence electrons. The van der Waals surface area contributed by atoms with Crippen molar-refractivity contribution in [3.05, 3.63) is 0 Å². The van der Waals surface area contributed by atoms with E-state index < -0.39 is 6.16 Å². The van der Waals surface area contributed by atoms with E-state index in [4.69, 9.17) is 20.2 Å². The van der Waals surface area contributed by atoms with Crippen molar-refractivity contribution in [3.63, 3.8) is 0 Å². The maximum atomic E-state index is 8.56. The average molecular weight is 149 g/mol. The lowest BCUT2D eigenvalue weighted by atomic mass is 10.3. The number of hydrogen-bond acceptors (Lipinski definition) is 3. The van der Waals surface area contributed by atoms with Crippen LogP contribution in [0.2, 0.25) is 0 Å². The van der Waals surface area contributed by atoms with E-state index in [1.54, 1.807) is 6.92 Å². The topological polar surface area (TPSA) is 90.1 Å². The predicted molar refractivity (Wildman–Crippen MR) is 35.8 cm³/mol. The summed E-state index contributed by atoms with van der Waals surface area (Å²) in [7, 11) is 0. The summed E-state index contributed by atoms with van der Waals surface area (Å²) in [6, 6.07) is 0. The molecular formula is C5H11NO4. The Morgan fingerprint density at radius 2 is 1.80 bits per heavy atom. The molecule has 0 atom stereocenters. The third-order valence-electron chi connectivity index (χ3n) is 0.682. The summed E-state index contributed by atoms with van der Waals surface area (Å²) in [5.41, 5.74) is 0.773. The molecule has 0 amide bonds. The van der Waals surface area contributed by atoms with E-state index in [1.807, 2.05) is 6.92 Å². The van der Waals surface area contributed by atoms with Crippen molar-refractivity contribution >= 4 is 11.9 Å². The summed E-state index contributed by atoms with van der Waals surface area (Å²) in [5, 5.41) is 24.8. The van der Waals surface area contributed by atoms with E-state index in [2.05, 4.69) is 5.16 Å². The molecule has 0 radical (unpaired) electrons. The Kier molecular flexibility index (Phi) is 8.92. The molecule has 0 aliphatic heterocycles. The van der Waals surface area contributed by atoms with Gasteiger partial charge in [0.25, 0.3) is 0 Å². The highest BCUT2D eigenvalue weighted by Crippen LogP contribution is 1.78. The molecule has 3 N–H and O–H groups in total. The zero-order valence-corrected chi connectivity index (χ0v) is 5.90. The highest BCUT2D eigenvalue weighted by Gasteiger charge is 1.77. The van der Waals surface area contributed by atoms with E-state index in [-0.39, 0.29) is 0 Å². The summed E-state index contributed by atoms with van der Waals surface area (Å²) in [6.45, 7) is 3.72. The lowest BCUT2D eigenvalue weighted by Gasteiger charge is -1.81. The summed E-state index contributed by atoms with van der Waals surface area (Å²) in [4.78, 5) is 8.56. The van der Waals surface area contributed by atoms with Gasteiger partial charge in [0.15, 0.2) is 0 Å². The first kappa shape index (κ1) is 11.5. The monoisotopic (exact) mass is 149 g/mol. The molecule has 0 rings (SSSR count). The number of nitrogens with zero attached hydrogens (tertiary/aromatic N) is 1. The van der Waals surface area contributed by atoms with Crippen LogP contribution in [0, 0.1) is 0 Å². The maximum Gasteiger partial charge on any atom is 0.503 e. The minimum Gasteiger partial charge on any atom is -0.450 e. The molecular weight excluding hydrogens is 138 g/mol. The summed E-state index contributed by atoms with van der Waals surface area (Å²) in [5.74, 6) is 0. The smallest absolute Gasteiger partial charge is 0.450 e. The number of hydrogen-bond donors (Lipinski definition) is 3. The molecule has 0 aliphatic rings. The zero-order valence-electron chi connectivity index (χ0n) is 5.90. The number of carboxylic acid groups (broad SMARTS) is 2. The number of carbonyl (C=O) groups is 1. The average Bonchev–Trinajstić information content (AvgIpc) is 1.85. The largest absolute Gasteiger partial charge is 0.503 e. The van der Waals surface area contributed by atoms with Crippen LogP contribution in [-0.4, -0.2) is 27.3 Å². The second kappa shape index (κ2) is 7.74. The first-order valence-corrected chi connectivity index (χ1v) is 2.64. The number of oxime groups is 1.